The van der Waals surface area contributed by atoms with Crippen LogP contribution in [0.3, 0.4) is 0 Å². The van der Waals surface area contributed by atoms with Crippen LogP contribution in [0.25, 0.3) is 0 Å². The van der Waals surface area contributed by atoms with Crippen LogP contribution in [0.2, 0.25) is 0 Å². The SMILES string of the molecule is CCNC(CC(C)(C)C)c1ccc2c(c1)CC(C)(C)O2. The predicted molar refractivity (Wildman–Crippen MR) is 85.3 cm³/mol. The van der Waals surface area contributed by atoms with Crippen molar-refractivity contribution in [2.75, 3.05) is 6.54 Å². The summed E-state index contributed by atoms with van der Waals surface area (Å²) >= 11 is 0. The van der Waals surface area contributed by atoms with E-state index in [-0.39, 0.29) is 5.60 Å². The summed E-state index contributed by atoms with van der Waals surface area (Å²) in [4.78, 5) is 0. The molecule has 0 spiro atoms. The minimum absolute atomic E-state index is 0.0569. The maximum Gasteiger partial charge on any atom is 0.123 e. The molecule has 2 nitrogen and oxygen atoms in total. The molecular formula is C18H29NO. The summed E-state index contributed by atoms with van der Waals surface area (Å²) in [6.07, 6.45) is 2.15. The Bertz CT molecular complexity index is 471. The lowest BCUT2D eigenvalue weighted by Crippen LogP contribution is -2.25. The molecular weight excluding hydrogens is 246 g/mol. The van der Waals surface area contributed by atoms with Gasteiger partial charge in [0.1, 0.15) is 11.4 Å². The Morgan fingerprint density at radius 3 is 2.60 bits per heavy atom. The molecule has 0 saturated carbocycles. The highest BCUT2D eigenvalue weighted by Crippen LogP contribution is 2.38. The second-order valence-electron chi connectivity index (χ2n) is 7.78. The summed E-state index contributed by atoms with van der Waals surface area (Å²) in [5, 5.41) is 3.63. The second kappa shape index (κ2) is 5.40. The molecule has 0 aliphatic carbocycles. The number of hydrogen-bond donors (Lipinski definition) is 1. The first kappa shape index (κ1) is 15.4. The van der Waals surface area contributed by atoms with E-state index in [1.165, 1.54) is 11.1 Å². The van der Waals surface area contributed by atoms with E-state index in [9.17, 15) is 0 Å². The van der Waals surface area contributed by atoms with Crippen LogP contribution in [0.4, 0.5) is 0 Å². The molecule has 0 amide bonds. The van der Waals surface area contributed by atoms with Crippen LogP contribution in [-0.4, -0.2) is 12.1 Å². The highest BCUT2D eigenvalue weighted by molar-refractivity contribution is 5.42. The van der Waals surface area contributed by atoms with Crippen molar-refractivity contribution in [3.05, 3.63) is 29.3 Å². The third-order valence-corrected chi connectivity index (χ3v) is 3.76. The molecule has 0 aromatic heterocycles. The monoisotopic (exact) mass is 275 g/mol. The van der Waals surface area contributed by atoms with Gasteiger partial charge in [-0.1, -0.05) is 39.8 Å². The fraction of sp³-hybridized carbons (Fsp3) is 0.667. The molecule has 0 radical (unpaired) electrons. The van der Waals surface area contributed by atoms with Crippen LogP contribution in [0.1, 0.15) is 65.1 Å². The first-order valence-corrected chi connectivity index (χ1v) is 7.75. The van der Waals surface area contributed by atoms with Crippen molar-refractivity contribution in [1.29, 1.82) is 0 Å². The summed E-state index contributed by atoms with van der Waals surface area (Å²) in [6.45, 7) is 14.4. The minimum atomic E-state index is -0.0569. The quantitative estimate of drug-likeness (QED) is 0.874. The van der Waals surface area contributed by atoms with E-state index in [1.54, 1.807) is 0 Å². The van der Waals surface area contributed by atoms with Gasteiger partial charge in [0.2, 0.25) is 0 Å². The highest BCUT2D eigenvalue weighted by Gasteiger charge is 2.30. The number of rotatable bonds is 4. The topological polar surface area (TPSA) is 21.3 Å². The summed E-state index contributed by atoms with van der Waals surface area (Å²) < 4.78 is 5.97. The Morgan fingerprint density at radius 2 is 2.00 bits per heavy atom. The number of hydrogen-bond acceptors (Lipinski definition) is 2. The van der Waals surface area contributed by atoms with Gasteiger partial charge in [0.25, 0.3) is 0 Å². The molecule has 20 heavy (non-hydrogen) atoms. The molecule has 2 rings (SSSR count). The molecule has 1 aromatic carbocycles. The van der Waals surface area contributed by atoms with Gasteiger partial charge in [-0.15, -0.1) is 0 Å². The van der Waals surface area contributed by atoms with Crippen molar-refractivity contribution < 1.29 is 4.74 Å². The van der Waals surface area contributed by atoms with Gasteiger partial charge in [-0.05, 0) is 49.4 Å². The maximum absolute atomic E-state index is 5.97. The van der Waals surface area contributed by atoms with Crippen LogP contribution in [0.15, 0.2) is 18.2 Å². The van der Waals surface area contributed by atoms with Crippen LogP contribution in [-0.2, 0) is 6.42 Å². The van der Waals surface area contributed by atoms with E-state index in [0.29, 0.717) is 11.5 Å². The molecule has 2 heteroatoms. The molecule has 0 saturated heterocycles. The molecule has 1 N–H and O–H groups in total. The van der Waals surface area contributed by atoms with Crippen LogP contribution < -0.4 is 10.1 Å². The lowest BCUT2D eigenvalue weighted by Gasteiger charge is -2.27. The van der Waals surface area contributed by atoms with Crippen LogP contribution in [0, 0.1) is 5.41 Å². The predicted octanol–water partition coefficient (Wildman–Crippen LogP) is 4.49. The highest BCUT2D eigenvalue weighted by atomic mass is 16.5. The van der Waals surface area contributed by atoms with E-state index in [4.69, 9.17) is 4.74 Å². The zero-order valence-corrected chi connectivity index (χ0v) is 13.8. The summed E-state index contributed by atoms with van der Waals surface area (Å²) in [5.74, 6) is 1.06. The zero-order valence-electron chi connectivity index (χ0n) is 13.8. The lowest BCUT2D eigenvalue weighted by atomic mass is 9.85. The van der Waals surface area contributed by atoms with Crippen molar-refractivity contribution in [3.8, 4) is 5.75 Å². The van der Waals surface area contributed by atoms with Gasteiger partial charge in [0.05, 0.1) is 0 Å². The van der Waals surface area contributed by atoms with Crippen LogP contribution >= 0.6 is 0 Å². The molecule has 1 heterocycles. The molecule has 1 aliphatic rings. The second-order valence-corrected chi connectivity index (χ2v) is 7.78. The fourth-order valence-electron chi connectivity index (χ4n) is 3.01. The number of fused-ring (bicyclic) bond motifs is 1. The Morgan fingerprint density at radius 1 is 1.30 bits per heavy atom. The van der Waals surface area contributed by atoms with Gasteiger partial charge in [-0.25, -0.2) is 0 Å². The Hall–Kier alpha value is -1.02. The van der Waals surface area contributed by atoms with Gasteiger partial charge in [-0.2, -0.15) is 0 Å². The van der Waals surface area contributed by atoms with Crippen molar-refractivity contribution in [3.63, 3.8) is 0 Å². The van der Waals surface area contributed by atoms with E-state index in [0.717, 1.165) is 25.1 Å². The van der Waals surface area contributed by atoms with E-state index >= 15 is 0 Å². The van der Waals surface area contributed by atoms with E-state index < -0.39 is 0 Å². The standard InChI is InChI=1S/C18H29NO/c1-7-19-15(12-17(2,3)4)13-8-9-16-14(10-13)11-18(5,6)20-16/h8-10,15,19H,7,11-12H2,1-6H3. The fourth-order valence-corrected chi connectivity index (χ4v) is 3.01. The molecule has 1 atom stereocenters. The third-order valence-electron chi connectivity index (χ3n) is 3.76. The number of benzene rings is 1. The van der Waals surface area contributed by atoms with Crippen molar-refractivity contribution >= 4 is 0 Å². The van der Waals surface area contributed by atoms with Gasteiger partial charge in [-0.3, -0.25) is 0 Å². The van der Waals surface area contributed by atoms with Crippen molar-refractivity contribution in [1.82, 2.24) is 5.32 Å². The van der Waals surface area contributed by atoms with Gasteiger partial charge < -0.3 is 10.1 Å². The third kappa shape index (κ3) is 3.76. The van der Waals surface area contributed by atoms with Crippen molar-refractivity contribution in [2.24, 2.45) is 5.41 Å². The summed E-state index contributed by atoms with van der Waals surface area (Å²) in [5.41, 5.74) is 3.01. The minimum Gasteiger partial charge on any atom is -0.487 e. The summed E-state index contributed by atoms with van der Waals surface area (Å²) in [7, 11) is 0. The molecule has 0 fully saturated rings. The van der Waals surface area contributed by atoms with Crippen LogP contribution in [0.5, 0.6) is 5.75 Å². The molecule has 1 unspecified atom stereocenters. The molecule has 112 valence electrons. The van der Waals surface area contributed by atoms with E-state index in [2.05, 4.69) is 65.1 Å². The maximum atomic E-state index is 5.97. The Labute approximate surface area is 123 Å². The van der Waals surface area contributed by atoms with Gasteiger partial charge >= 0.3 is 0 Å². The largest absolute Gasteiger partial charge is 0.487 e. The van der Waals surface area contributed by atoms with Gasteiger partial charge in [0.15, 0.2) is 0 Å². The zero-order chi connectivity index (χ0) is 15.0. The smallest absolute Gasteiger partial charge is 0.123 e. The number of nitrogens with one attached hydrogen (secondary N) is 1. The van der Waals surface area contributed by atoms with Crippen molar-refractivity contribution in [2.45, 2.75) is 66.0 Å². The normalized spacial score (nSPS) is 18.5. The van der Waals surface area contributed by atoms with E-state index in [1.807, 2.05) is 0 Å². The van der Waals surface area contributed by atoms with Gasteiger partial charge in [0, 0.05) is 12.5 Å². The average molecular weight is 275 g/mol. The molecule has 1 aromatic rings. The molecule has 0 bridgehead atoms. The Balaban J connectivity index is 2.23. The first-order valence-electron chi connectivity index (χ1n) is 7.75. The number of ether oxygens (including phenoxy) is 1. The first-order chi connectivity index (χ1) is 9.20. The Kier molecular flexibility index (Phi) is 4.15. The molecule has 1 aliphatic heterocycles. The average Bonchev–Trinajstić information content (AvgIpc) is 2.59. The summed E-state index contributed by atoms with van der Waals surface area (Å²) in [6, 6.07) is 7.13. The lowest BCUT2D eigenvalue weighted by molar-refractivity contribution is 0.138.